The van der Waals surface area contributed by atoms with Crippen LogP contribution in [0.2, 0.25) is 0 Å². The lowest BCUT2D eigenvalue weighted by Gasteiger charge is -2.11. The number of nitrogens with two attached hydrogens (primary N) is 1. The fourth-order valence-electron chi connectivity index (χ4n) is 1.02. The zero-order chi connectivity index (χ0) is 12.3. The van der Waals surface area contributed by atoms with E-state index in [1.807, 2.05) is 0 Å². The number of carbonyl (C=O) groups is 2. The van der Waals surface area contributed by atoms with Crippen LogP contribution in [0.15, 0.2) is 22.7 Å². The minimum absolute atomic E-state index is 0.119. The van der Waals surface area contributed by atoms with E-state index >= 15 is 0 Å². The molecule has 0 spiro atoms. The molecule has 1 aromatic rings. The van der Waals surface area contributed by atoms with Gasteiger partial charge in [-0.1, -0.05) is 0 Å². The third-order valence-corrected chi connectivity index (χ3v) is 2.64. The molecule has 4 nitrogen and oxygen atoms in total. The molecule has 3 N–H and O–H groups in total. The van der Waals surface area contributed by atoms with Crippen molar-refractivity contribution in [2.45, 2.75) is 13.0 Å². The van der Waals surface area contributed by atoms with E-state index in [1.54, 1.807) is 0 Å². The van der Waals surface area contributed by atoms with Crippen molar-refractivity contribution in [1.29, 1.82) is 0 Å². The summed E-state index contributed by atoms with van der Waals surface area (Å²) in [6.45, 7) is 1.45. The monoisotopic (exact) mass is 288 g/mol. The van der Waals surface area contributed by atoms with E-state index in [4.69, 9.17) is 5.73 Å². The molecule has 0 aliphatic rings. The second-order valence-electron chi connectivity index (χ2n) is 3.22. The zero-order valence-corrected chi connectivity index (χ0v) is 10.0. The van der Waals surface area contributed by atoms with Crippen LogP contribution in [0.1, 0.15) is 17.3 Å². The number of nitrogens with one attached hydrogen (secondary N) is 1. The van der Waals surface area contributed by atoms with Crippen LogP contribution in [-0.2, 0) is 4.79 Å². The molecule has 0 fully saturated rings. The number of rotatable bonds is 3. The van der Waals surface area contributed by atoms with Gasteiger partial charge in [-0.25, -0.2) is 4.39 Å². The van der Waals surface area contributed by atoms with Crippen LogP contribution < -0.4 is 11.1 Å². The van der Waals surface area contributed by atoms with E-state index in [0.717, 1.165) is 6.07 Å². The van der Waals surface area contributed by atoms with Gasteiger partial charge in [0.1, 0.15) is 11.9 Å². The summed E-state index contributed by atoms with van der Waals surface area (Å²) in [5.74, 6) is -1.74. The molecule has 16 heavy (non-hydrogen) atoms. The molecule has 0 heterocycles. The predicted molar refractivity (Wildman–Crippen MR) is 60.2 cm³/mol. The zero-order valence-electron chi connectivity index (χ0n) is 8.46. The van der Waals surface area contributed by atoms with E-state index < -0.39 is 23.7 Å². The molecule has 0 radical (unpaired) electrons. The van der Waals surface area contributed by atoms with E-state index in [-0.39, 0.29) is 5.56 Å². The first-order chi connectivity index (χ1) is 7.41. The van der Waals surface area contributed by atoms with Gasteiger partial charge in [-0.2, -0.15) is 0 Å². The molecule has 1 aromatic carbocycles. The Balaban J connectivity index is 2.88. The molecular weight excluding hydrogens is 279 g/mol. The quantitative estimate of drug-likeness (QED) is 0.877. The van der Waals surface area contributed by atoms with Gasteiger partial charge in [0.15, 0.2) is 0 Å². The average Bonchev–Trinajstić information content (AvgIpc) is 2.21. The Bertz CT molecular complexity index is 437. The Hall–Kier alpha value is -1.43. The molecule has 1 rings (SSSR count). The Morgan fingerprint density at radius 1 is 1.50 bits per heavy atom. The second-order valence-corrected chi connectivity index (χ2v) is 4.08. The van der Waals surface area contributed by atoms with Gasteiger partial charge in [0.2, 0.25) is 5.91 Å². The first-order valence-electron chi connectivity index (χ1n) is 4.47. The number of hydrogen-bond acceptors (Lipinski definition) is 2. The van der Waals surface area contributed by atoms with Crippen molar-refractivity contribution >= 4 is 27.7 Å². The summed E-state index contributed by atoms with van der Waals surface area (Å²) in [6.07, 6.45) is 0. The summed E-state index contributed by atoms with van der Waals surface area (Å²) in [5, 5.41) is 2.35. The van der Waals surface area contributed by atoms with E-state index in [0.29, 0.717) is 4.47 Å². The van der Waals surface area contributed by atoms with E-state index in [1.165, 1.54) is 19.1 Å². The molecule has 0 saturated carbocycles. The van der Waals surface area contributed by atoms with Crippen LogP contribution in [0, 0.1) is 5.82 Å². The molecule has 2 amide bonds. The van der Waals surface area contributed by atoms with Crippen molar-refractivity contribution in [2.75, 3.05) is 0 Å². The highest BCUT2D eigenvalue weighted by Crippen LogP contribution is 2.17. The van der Waals surface area contributed by atoms with Crippen LogP contribution in [0.3, 0.4) is 0 Å². The van der Waals surface area contributed by atoms with Crippen molar-refractivity contribution < 1.29 is 14.0 Å². The summed E-state index contributed by atoms with van der Waals surface area (Å²) in [6, 6.07) is 2.91. The van der Waals surface area contributed by atoms with Gasteiger partial charge in [0.25, 0.3) is 5.91 Å². The van der Waals surface area contributed by atoms with E-state index in [9.17, 15) is 14.0 Å². The lowest BCUT2D eigenvalue weighted by Crippen LogP contribution is -2.42. The van der Waals surface area contributed by atoms with Crippen LogP contribution in [-0.4, -0.2) is 17.9 Å². The SMILES string of the molecule is CC(NC(=O)c1cc(F)ccc1Br)C(N)=O. The lowest BCUT2D eigenvalue weighted by molar-refractivity contribution is -0.119. The number of primary amides is 1. The van der Waals surface area contributed by atoms with Gasteiger partial charge in [-0.15, -0.1) is 0 Å². The third-order valence-electron chi connectivity index (χ3n) is 1.95. The highest BCUT2D eigenvalue weighted by molar-refractivity contribution is 9.10. The van der Waals surface area contributed by atoms with Crippen molar-refractivity contribution in [3.63, 3.8) is 0 Å². The molecule has 0 saturated heterocycles. The molecule has 1 atom stereocenters. The highest BCUT2D eigenvalue weighted by Gasteiger charge is 2.16. The second kappa shape index (κ2) is 5.07. The number of amides is 2. The summed E-state index contributed by atoms with van der Waals surface area (Å²) in [4.78, 5) is 22.4. The van der Waals surface area contributed by atoms with Gasteiger partial charge in [0.05, 0.1) is 5.56 Å². The normalized spacial score (nSPS) is 11.9. The van der Waals surface area contributed by atoms with Crippen LogP contribution in [0.25, 0.3) is 0 Å². The lowest BCUT2D eigenvalue weighted by atomic mass is 10.2. The Kier molecular flexibility index (Phi) is 4.00. The summed E-state index contributed by atoms with van der Waals surface area (Å²) >= 11 is 3.11. The van der Waals surface area contributed by atoms with Crippen molar-refractivity contribution in [2.24, 2.45) is 5.73 Å². The molecule has 0 aliphatic carbocycles. The maximum atomic E-state index is 12.9. The molecule has 0 aliphatic heterocycles. The van der Waals surface area contributed by atoms with E-state index in [2.05, 4.69) is 21.2 Å². The smallest absolute Gasteiger partial charge is 0.253 e. The Morgan fingerprint density at radius 2 is 2.12 bits per heavy atom. The first-order valence-corrected chi connectivity index (χ1v) is 5.26. The predicted octanol–water partition coefficient (Wildman–Crippen LogP) is 1.19. The minimum Gasteiger partial charge on any atom is -0.368 e. The van der Waals surface area contributed by atoms with Crippen LogP contribution >= 0.6 is 15.9 Å². The molecule has 0 bridgehead atoms. The Morgan fingerprint density at radius 3 is 2.69 bits per heavy atom. The Labute approximate surface area is 100 Å². The van der Waals surface area contributed by atoms with Crippen molar-refractivity contribution in [3.8, 4) is 0 Å². The van der Waals surface area contributed by atoms with Crippen molar-refractivity contribution in [1.82, 2.24) is 5.32 Å². The van der Waals surface area contributed by atoms with Gasteiger partial charge >= 0.3 is 0 Å². The van der Waals surface area contributed by atoms with Gasteiger partial charge in [-0.05, 0) is 41.1 Å². The number of benzene rings is 1. The molecule has 1 unspecified atom stereocenters. The maximum Gasteiger partial charge on any atom is 0.253 e. The maximum absolute atomic E-state index is 12.9. The van der Waals surface area contributed by atoms with Crippen molar-refractivity contribution in [3.05, 3.63) is 34.1 Å². The highest BCUT2D eigenvalue weighted by atomic mass is 79.9. The standard InChI is InChI=1S/C10H10BrFN2O2/c1-5(9(13)15)14-10(16)7-4-6(12)2-3-8(7)11/h2-5H,1H3,(H2,13,15)(H,14,16). The number of halogens is 2. The van der Waals surface area contributed by atoms with Gasteiger partial charge in [0, 0.05) is 4.47 Å². The van der Waals surface area contributed by atoms with Crippen LogP contribution in [0.5, 0.6) is 0 Å². The minimum atomic E-state index is -0.803. The van der Waals surface area contributed by atoms with Gasteiger partial charge in [-0.3, -0.25) is 9.59 Å². The van der Waals surface area contributed by atoms with Crippen LogP contribution in [0.4, 0.5) is 4.39 Å². The first kappa shape index (κ1) is 12.6. The fraction of sp³-hybridized carbons (Fsp3) is 0.200. The summed E-state index contributed by atoms with van der Waals surface area (Å²) in [5.41, 5.74) is 5.11. The topological polar surface area (TPSA) is 72.2 Å². The summed E-state index contributed by atoms with van der Waals surface area (Å²) in [7, 11) is 0. The molecule has 0 aromatic heterocycles. The largest absolute Gasteiger partial charge is 0.368 e. The number of hydrogen-bond donors (Lipinski definition) is 2. The molecule has 6 heteroatoms. The number of carbonyl (C=O) groups excluding carboxylic acids is 2. The summed E-state index contributed by atoms with van der Waals surface area (Å²) < 4.78 is 13.4. The molecule has 86 valence electrons. The fourth-order valence-corrected chi connectivity index (χ4v) is 1.44. The third kappa shape index (κ3) is 3.03. The van der Waals surface area contributed by atoms with Gasteiger partial charge < -0.3 is 11.1 Å². The molecular formula is C10H10BrFN2O2. The average molecular weight is 289 g/mol.